The highest BCUT2D eigenvalue weighted by atomic mass is 16.5. The third-order valence-electron chi connectivity index (χ3n) is 4.46. The molecule has 2 atom stereocenters. The Kier molecular flexibility index (Phi) is 9.44. The average molecular weight is 388 g/mol. The van der Waals surface area contributed by atoms with Crippen molar-refractivity contribution < 1.29 is 24.5 Å². The second-order valence-electron chi connectivity index (χ2n) is 6.56. The Morgan fingerprint density at radius 2 is 1.86 bits per heavy atom. The number of methoxy groups -OCH3 is 1. The van der Waals surface area contributed by atoms with Crippen LogP contribution in [0.4, 0.5) is 5.69 Å². The van der Waals surface area contributed by atoms with Crippen molar-refractivity contribution in [2.75, 3.05) is 13.7 Å². The van der Waals surface area contributed by atoms with Gasteiger partial charge in [-0.15, -0.1) is 0 Å². The van der Waals surface area contributed by atoms with Gasteiger partial charge in [0, 0.05) is 6.42 Å². The number of unbranched alkanes of at least 4 members (excludes halogenated alkanes) is 1. The third kappa shape index (κ3) is 7.66. The molecule has 0 fully saturated rings. The predicted octanol–water partition coefficient (Wildman–Crippen LogP) is 2.36. The normalized spacial score (nSPS) is 13.0. The molecule has 0 aliphatic rings. The first kappa shape index (κ1) is 21.8. The summed E-state index contributed by atoms with van der Waals surface area (Å²) in [6, 6.07) is 16.8. The molecule has 0 radical (unpaired) electrons. The Hall–Kier alpha value is -2.45. The Balaban J connectivity index is 1.90. The van der Waals surface area contributed by atoms with Crippen LogP contribution in [0.25, 0.3) is 0 Å². The summed E-state index contributed by atoms with van der Waals surface area (Å²) in [6.45, 7) is 0.681. The number of rotatable bonds is 12. The zero-order valence-corrected chi connectivity index (χ0v) is 16.1. The molecule has 152 valence electrons. The predicted molar refractivity (Wildman–Crippen MR) is 105 cm³/mol. The van der Waals surface area contributed by atoms with Crippen LogP contribution in [0.2, 0.25) is 0 Å². The first-order chi connectivity index (χ1) is 13.6. The number of carbonyl (C=O) groups is 1. The summed E-state index contributed by atoms with van der Waals surface area (Å²) >= 11 is 0. The maximum absolute atomic E-state index is 12.5. The van der Waals surface area contributed by atoms with Crippen molar-refractivity contribution in [2.24, 2.45) is 0 Å². The lowest BCUT2D eigenvalue weighted by Crippen LogP contribution is -3.03. The largest absolute Gasteiger partial charge is 0.629 e. The summed E-state index contributed by atoms with van der Waals surface area (Å²) < 4.78 is 11.2. The van der Waals surface area contributed by atoms with Crippen LogP contribution in [0, 0.1) is 5.21 Å². The molecule has 2 unspecified atom stereocenters. The number of hydrogen-bond donors (Lipinski definition) is 3. The van der Waals surface area contributed by atoms with E-state index < -0.39 is 5.91 Å². The standard InChI is InChI=1S/C21H28N2O5/c1-27-19-13-11-17(12-14-19)16-28-20(9-5-6-10-21(24)22-25)15-23(26)18-7-3-2-4-8-18/h2-4,7-8,11-14,20,23,25H,5-6,9-10,15-16H2,1H3,(H,22,24). The Morgan fingerprint density at radius 1 is 1.14 bits per heavy atom. The van der Waals surface area contributed by atoms with Crippen molar-refractivity contribution in [3.05, 3.63) is 65.4 Å². The number of benzene rings is 2. The molecule has 0 aliphatic heterocycles. The SMILES string of the molecule is COc1ccc(COC(CCCCC(=O)NO)C[NH+]([O-])c2ccccc2)cc1. The van der Waals surface area contributed by atoms with E-state index in [-0.39, 0.29) is 24.1 Å². The fraction of sp³-hybridized carbons (Fsp3) is 0.381. The lowest BCUT2D eigenvalue weighted by Gasteiger charge is -2.27. The van der Waals surface area contributed by atoms with Gasteiger partial charge in [0.15, 0.2) is 0 Å². The molecule has 2 aromatic rings. The van der Waals surface area contributed by atoms with E-state index in [0.29, 0.717) is 25.1 Å². The maximum Gasteiger partial charge on any atom is 0.243 e. The van der Waals surface area contributed by atoms with Crippen LogP contribution in [0.5, 0.6) is 5.75 Å². The summed E-state index contributed by atoms with van der Waals surface area (Å²) in [5.41, 5.74) is 3.29. The summed E-state index contributed by atoms with van der Waals surface area (Å²) in [6.07, 6.45) is 2.01. The Morgan fingerprint density at radius 3 is 2.50 bits per heavy atom. The molecule has 28 heavy (non-hydrogen) atoms. The number of carbonyl (C=O) groups excluding carboxylic acids is 1. The maximum atomic E-state index is 12.5. The number of ether oxygens (including phenoxy) is 2. The number of nitrogens with one attached hydrogen (secondary N) is 2. The molecular weight excluding hydrogens is 360 g/mol. The highest BCUT2D eigenvalue weighted by Crippen LogP contribution is 2.14. The lowest BCUT2D eigenvalue weighted by atomic mass is 10.1. The van der Waals surface area contributed by atoms with Gasteiger partial charge in [-0.3, -0.25) is 10.0 Å². The van der Waals surface area contributed by atoms with Crippen LogP contribution in [0.3, 0.4) is 0 Å². The smallest absolute Gasteiger partial charge is 0.243 e. The molecule has 3 N–H and O–H groups in total. The molecule has 1 amide bonds. The van der Waals surface area contributed by atoms with E-state index >= 15 is 0 Å². The molecule has 7 heteroatoms. The fourth-order valence-electron chi connectivity index (χ4n) is 2.84. The van der Waals surface area contributed by atoms with Gasteiger partial charge < -0.3 is 19.7 Å². The molecule has 0 aromatic heterocycles. The molecule has 0 saturated carbocycles. The van der Waals surface area contributed by atoms with E-state index in [4.69, 9.17) is 14.7 Å². The quantitative estimate of drug-likeness (QED) is 0.295. The molecular formula is C21H28N2O5. The van der Waals surface area contributed by atoms with Gasteiger partial charge in [-0.25, -0.2) is 5.48 Å². The van der Waals surface area contributed by atoms with Gasteiger partial charge in [0.25, 0.3) is 0 Å². The van der Waals surface area contributed by atoms with Crippen LogP contribution in [0.15, 0.2) is 54.6 Å². The minimum absolute atomic E-state index is 0.0356. The van der Waals surface area contributed by atoms with Crippen LogP contribution in [-0.2, 0) is 16.1 Å². The summed E-state index contributed by atoms with van der Waals surface area (Å²) in [7, 11) is 1.62. The zero-order chi connectivity index (χ0) is 20.2. The second-order valence-corrected chi connectivity index (χ2v) is 6.56. The third-order valence-corrected chi connectivity index (χ3v) is 4.46. The summed E-state index contributed by atoms with van der Waals surface area (Å²) in [5, 5.41) is 21.1. The van der Waals surface area contributed by atoms with Gasteiger partial charge in [0.05, 0.1) is 13.7 Å². The van der Waals surface area contributed by atoms with E-state index in [2.05, 4.69) is 0 Å². The van der Waals surface area contributed by atoms with E-state index in [0.717, 1.165) is 17.7 Å². The van der Waals surface area contributed by atoms with Gasteiger partial charge in [0.1, 0.15) is 24.1 Å². The number of amides is 1. The minimum atomic E-state index is -0.406. The molecule has 2 rings (SSSR count). The van der Waals surface area contributed by atoms with E-state index in [1.54, 1.807) is 24.7 Å². The van der Waals surface area contributed by atoms with Crippen LogP contribution in [0.1, 0.15) is 31.2 Å². The van der Waals surface area contributed by atoms with Gasteiger partial charge in [0.2, 0.25) is 5.91 Å². The molecule has 7 nitrogen and oxygen atoms in total. The summed E-state index contributed by atoms with van der Waals surface area (Å²) in [5.74, 6) is 0.373. The van der Waals surface area contributed by atoms with Gasteiger partial charge >= 0.3 is 0 Å². The molecule has 2 aromatic carbocycles. The monoisotopic (exact) mass is 388 g/mol. The van der Waals surface area contributed by atoms with Crippen molar-refractivity contribution in [3.8, 4) is 5.75 Å². The molecule has 0 saturated heterocycles. The molecule has 0 spiro atoms. The average Bonchev–Trinajstić information content (AvgIpc) is 2.75. The number of para-hydroxylation sites is 1. The Bertz CT molecular complexity index is 694. The first-order valence-corrected chi connectivity index (χ1v) is 9.38. The first-order valence-electron chi connectivity index (χ1n) is 9.38. The number of quaternary nitrogens is 1. The highest BCUT2D eigenvalue weighted by Gasteiger charge is 2.15. The number of hydrogen-bond acceptors (Lipinski definition) is 5. The fourth-order valence-corrected chi connectivity index (χ4v) is 2.84. The second kappa shape index (κ2) is 12.1. The zero-order valence-electron chi connectivity index (χ0n) is 16.1. The molecule has 0 aliphatic carbocycles. The lowest BCUT2D eigenvalue weighted by molar-refractivity contribution is -0.781. The highest BCUT2D eigenvalue weighted by molar-refractivity contribution is 5.74. The molecule has 0 bridgehead atoms. The van der Waals surface area contributed by atoms with Crippen molar-refractivity contribution >= 4 is 11.6 Å². The number of hydroxylamine groups is 2. The van der Waals surface area contributed by atoms with Crippen molar-refractivity contribution in [1.82, 2.24) is 5.48 Å². The van der Waals surface area contributed by atoms with Gasteiger partial charge in [-0.2, -0.15) is 0 Å². The minimum Gasteiger partial charge on any atom is -0.629 e. The van der Waals surface area contributed by atoms with Crippen molar-refractivity contribution in [2.45, 2.75) is 38.4 Å². The summed E-state index contributed by atoms with van der Waals surface area (Å²) in [4.78, 5) is 11.1. The van der Waals surface area contributed by atoms with E-state index in [1.807, 2.05) is 42.5 Å². The van der Waals surface area contributed by atoms with Crippen LogP contribution >= 0.6 is 0 Å². The van der Waals surface area contributed by atoms with Crippen molar-refractivity contribution in [1.29, 1.82) is 0 Å². The van der Waals surface area contributed by atoms with E-state index in [1.165, 1.54) is 0 Å². The Labute approximate surface area is 165 Å². The molecule has 0 heterocycles. The topological polar surface area (TPSA) is 95.3 Å². The van der Waals surface area contributed by atoms with Crippen LogP contribution < -0.4 is 15.3 Å². The van der Waals surface area contributed by atoms with E-state index in [9.17, 15) is 10.0 Å². The van der Waals surface area contributed by atoms with Gasteiger partial charge in [-0.05, 0) is 42.7 Å². The van der Waals surface area contributed by atoms with Crippen molar-refractivity contribution in [3.63, 3.8) is 0 Å². The van der Waals surface area contributed by atoms with Crippen LogP contribution in [-0.4, -0.2) is 30.9 Å². The van der Waals surface area contributed by atoms with Gasteiger partial charge in [-0.1, -0.05) is 36.8 Å².